The van der Waals surface area contributed by atoms with Crippen LogP contribution >= 0.6 is 35.4 Å². The second kappa shape index (κ2) is 16.4. The van der Waals surface area contributed by atoms with Gasteiger partial charge >= 0.3 is 0 Å². The number of benzene rings is 2. The van der Waals surface area contributed by atoms with E-state index < -0.39 is 0 Å². The number of hydrogen-bond donors (Lipinski definition) is 2. The van der Waals surface area contributed by atoms with Gasteiger partial charge in [0.25, 0.3) is 0 Å². The first kappa shape index (κ1) is 32.4. The van der Waals surface area contributed by atoms with E-state index in [9.17, 15) is 4.79 Å². The molecule has 0 fully saturated rings. The Hall–Kier alpha value is -3.12. The predicted molar refractivity (Wildman–Crippen MR) is 170 cm³/mol. The van der Waals surface area contributed by atoms with Crippen molar-refractivity contribution in [3.63, 3.8) is 0 Å². The molecule has 0 radical (unpaired) electrons. The van der Waals surface area contributed by atoms with Crippen molar-refractivity contribution >= 4 is 46.4 Å². The van der Waals surface area contributed by atoms with E-state index in [-0.39, 0.29) is 24.3 Å². The van der Waals surface area contributed by atoms with Gasteiger partial charge in [-0.25, -0.2) is 4.98 Å². The van der Waals surface area contributed by atoms with E-state index in [1.165, 1.54) is 0 Å². The molecule has 1 heterocycles. The summed E-state index contributed by atoms with van der Waals surface area (Å²) in [6.07, 6.45) is 6.61. The van der Waals surface area contributed by atoms with E-state index in [1.54, 1.807) is 30.7 Å². The molecule has 0 saturated heterocycles. The van der Waals surface area contributed by atoms with Crippen molar-refractivity contribution in [2.45, 2.75) is 65.6 Å². The molecule has 0 aliphatic heterocycles. The van der Waals surface area contributed by atoms with Crippen LogP contribution in [0.3, 0.4) is 0 Å². The summed E-state index contributed by atoms with van der Waals surface area (Å²) in [7, 11) is 0. The van der Waals surface area contributed by atoms with Gasteiger partial charge in [0.2, 0.25) is 5.91 Å². The van der Waals surface area contributed by atoms with Crippen LogP contribution in [0.4, 0.5) is 0 Å². The van der Waals surface area contributed by atoms with Crippen LogP contribution in [-0.2, 0) is 24.3 Å². The average molecular weight is 614 g/mol. The number of hydrogen-bond acceptors (Lipinski definition) is 4. The van der Waals surface area contributed by atoms with E-state index in [4.69, 9.17) is 40.7 Å². The lowest BCUT2D eigenvalue weighted by Gasteiger charge is -2.33. The second-order valence-electron chi connectivity index (χ2n) is 10.2. The molecular formula is C31H38Cl2N6OS. The Balaban J connectivity index is 1.74. The molecule has 218 valence electrons. The molecule has 7 nitrogen and oxygen atoms in total. The molecule has 0 aliphatic carbocycles. The standard InChI is InChI=1S/C31H38Cl2N6OS/c1-4-6-14-36-31(41)38(19-25-8-7-9-27(32)30(25)33)20-28(22(3)5-2)37-29(40)15-26-17-35-21-39(26)18-24-12-10-23(16-34)11-13-24/h7-13,17,21-22,28H,4-6,14-15,18-20H2,1-3H3,(H,36,41)(H,37,40)/t22-,28+/m0/s1. The maximum atomic E-state index is 13.4. The third-order valence-corrected chi connectivity index (χ3v) is 8.42. The molecule has 1 amide bonds. The average Bonchev–Trinajstić information content (AvgIpc) is 3.40. The number of carbonyl (C=O) groups is 1. The van der Waals surface area contributed by atoms with Gasteiger partial charge in [-0.3, -0.25) is 4.79 Å². The van der Waals surface area contributed by atoms with E-state index in [1.807, 2.05) is 28.8 Å². The summed E-state index contributed by atoms with van der Waals surface area (Å²) in [6, 6.07) is 15.0. The number of halogens is 2. The summed E-state index contributed by atoms with van der Waals surface area (Å²) >= 11 is 18.6. The fourth-order valence-electron chi connectivity index (χ4n) is 4.41. The zero-order valence-electron chi connectivity index (χ0n) is 23.9. The van der Waals surface area contributed by atoms with Crippen molar-refractivity contribution in [2.75, 3.05) is 13.1 Å². The third kappa shape index (κ3) is 9.74. The van der Waals surface area contributed by atoms with Gasteiger partial charge in [-0.2, -0.15) is 5.26 Å². The van der Waals surface area contributed by atoms with Gasteiger partial charge in [-0.15, -0.1) is 0 Å². The molecule has 0 bridgehead atoms. The molecular weight excluding hydrogens is 575 g/mol. The number of rotatable bonds is 14. The summed E-state index contributed by atoms with van der Waals surface area (Å²) in [5.74, 6) is 0.126. The molecule has 0 unspecified atom stereocenters. The van der Waals surface area contributed by atoms with Gasteiger partial charge in [-0.1, -0.05) is 81.1 Å². The molecule has 2 N–H and O–H groups in total. The Morgan fingerprint density at radius 3 is 2.63 bits per heavy atom. The Morgan fingerprint density at radius 1 is 1.20 bits per heavy atom. The van der Waals surface area contributed by atoms with Crippen LogP contribution < -0.4 is 10.6 Å². The highest BCUT2D eigenvalue weighted by Gasteiger charge is 2.24. The maximum Gasteiger partial charge on any atom is 0.226 e. The predicted octanol–water partition coefficient (Wildman–Crippen LogP) is 6.36. The minimum absolute atomic E-state index is 0.0810. The maximum absolute atomic E-state index is 13.4. The van der Waals surface area contributed by atoms with Crippen LogP contribution in [0.2, 0.25) is 10.0 Å². The molecule has 10 heteroatoms. The number of unbranched alkanes of at least 4 members (excludes halogenated alkanes) is 1. The molecule has 2 aromatic carbocycles. The lowest BCUT2D eigenvalue weighted by Crippen LogP contribution is -2.51. The first-order chi connectivity index (χ1) is 19.7. The number of nitrogens with zero attached hydrogens (tertiary/aromatic N) is 4. The number of nitriles is 1. The Labute approximate surface area is 258 Å². The number of thiocarbonyl (C=S) groups is 1. The van der Waals surface area contributed by atoms with Gasteiger partial charge in [0.15, 0.2) is 5.11 Å². The number of nitrogens with one attached hydrogen (secondary N) is 2. The van der Waals surface area contributed by atoms with Crippen molar-refractivity contribution < 1.29 is 4.79 Å². The molecule has 3 rings (SSSR count). The van der Waals surface area contributed by atoms with Crippen LogP contribution in [0.25, 0.3) is 0 Å². The topological polar surface area (TPSA) is 86.0 Å². The zero-order chi connectivity index (χ0) is 29.8. The molecule has 2 atom stereocenters. The van der Waals surface area contributed by atoms with E-state index in [0.717, 1.165) is 42.6 Å². The van der Waals surface area contributed by atoms with E-state index in [0.29, 0.717) is 40.4 Å². The van der Waals surface area contributed by atoms with Gasteiger partial charge in [0, 0.05) is 44.1 Å². The van der Waals surface area contributed by atoms with Crippen molar-refractivity contribution in [3.8, 4) is 6.07 Å². The lowest BCUT2D eigenvalue weighted by atomic mass is 9.98. The normalized spacial score (nSPS) is 12.3. The van der Waals surface area contributed by atoms with Crippen LogP contribution in [-0.4, -0.2) is 44.6 Å². The SMILES string of the molecule is CCCCNC(=S)N(Cc1cccc(Cl)c1Cl)C[C@@H](NC(=O)Cc1cncn1Cc1ccc(C#N)cc1)[C@@H](C)CC. The van der Waals surface area contributed by atoms with Crippen molar-refractivity contribution in [3.05, 3.63) is 87.4 Å². The summed E-state index contributed by atoms with van der Waals surface area (Å²) in [5.41, 5.74) is 3.33. The largest absolute Gasteiger partial charge is 0.363 e. The summed E-state index contributed by atoms with van der Waals surface area (Å²) in [5, 5.41) is 17.3. The number of aromatic nitrogens is 2. The molecule has 41 heavy (non-hydrogen) atoms. The van der Waals surface area contributed by atoms with Gasteiger partial charge in [0.05, 0.1) is 34.4 Å². The first-order valence-corrected chi connectivity index (χ1v) is 15.1. The highest BCUT2D eigenvalue weighted by atomic mass is 35.5. The fraction of sp³-hybridized carbons (Fsp3) is 0.419. The zero-order valence-corrected chi connectivity index (χ0v) is 26.2. The molecule has 0 spiro atoms. The Bertz CT molecular complexity index is 1340. The Morgan fingerprint density at radius 2 is 1.95 bits per heavy atom. The third-order valence-electron chi connectivity index (χ3n) is 7.16. The monoisotopic (exact) mass is 612 g/mol. The van der Waals surface area contributed by atoms with Crippen LogP contribution in [0.5, 0.6) is 0 Å². The van der Waals surface area contributed by atoms with Crippen LogP contribution in [0.1, 0.15) is 62.4 Å². The smallest absolute Gasteiger partial charge is 0.226 e. The Kier molecular flexibility index (Phi) is 12.9. The van der Waals surface area contributed by atoms with E-state index in [2.05, 4.69) is 47.4 Å². The highest BCUT2D eigenvalue weighted by Crippen LogP contribution is 2.27. The number of imidazole rings is 1. The minimum atomic E-state index is -0.147. The van der Waals surface area contributed by atoms with Gasteiger partial charge in [0.1, 0.15) is 0 Å². The van der Waals surface area contributed by atoms with Crippen LogP contribution in [0, 0.1) is 17.2 Å². The summed E-state index contributed by atoms with van der Waals surface area (Å²) < 4.78 is 1.96. The highest BCUT2D eigenvalue weighted by molar-refractivity contribution is 7.80. The van der Waals surface area contributed by atoms with Crippen LogP contribution in [0.15, 0.2) is 55.0 Å². The van der Waals surface area contributed by atoms with Crippen molar-refractivity contribution in [1.82, 2.24) is 25.1 Å². The quantitative estimate of drug-likeness (QED) is 0.163. The summed E-state index contributed by atoms with van der Waals surface area (Å²) in [4.78, 5) is 19.7. The van der Waals surface area contributed by atoms with Crippen molar-refractivity contribution in [1.29, 1.82) is 5.26 Å². The van der Waals surface area contributed by atoms with Gasteiger partial charge < -0.3 is 20.1 Å². The molecule has 0 aliphatic rings. The fourth-order valence-corrected chi connectivity index (χ4v) is 5.03. The molecule has 3 aromatic rings. The summed E-state index contributed by atoms with van der Waals surface area (Å²) in [6.45, 7) is 8.72. The molecule has 0 saturated carbocycles. The minimum Gasteiger partial charge on any atom is -0.363 e. The first-order valence-electron chi connectivity index (χ1n) is 14.0. The number of amides is 1. The van der Waals surface area contributed by atoms with Gasteiger partial charge in [-0.05, 0) is 53.9 Å². The molecule has 1 aromatic heterocycles. The van der Waals surface area contributed by atoms with E-state index >= 15 is 0 Å². The number of carbonyl (C=O) groups excluding carboxylic acids is 1. The lowest BCUT2D eigenvalue weighted by molar-refractivity contribution is -0.121. The second-order valence-corrected chi connectivity index (χ2v) is 11.4. The van der Waals surface area contributed by atoms with Crippen molar-refractivity contribution in [2.24, 2.45) is 5.92 Å².